The molecule has 0 fully saturated rings. The largest absolute Gasteiger partial charge is 0.306 e. The van der Waals surface area contributed by atoms with Gasteiger partial charge in [-0.25, -0.2) is 4.21 Å². The average molecular weight is 155 g/mol. The molecule has 3 nitrogen and oxygen atoms in total. The van der Waals surface area contributed by atoms with Gasteiger partial charge in [-0.3, -0.25) is 0 Å². The van der Waals surface area contributed by atoms with Crippen LogP contribution in [0.15, 0.2) is 0 Å². The maximum Gasteiger partial charge on any atom is 0.152 e. The van der Waals surface area contributed by atoms with Gasteiger partial charge in [0.1, 0.15) is 0 Å². The first-order valence-corrected chi connectivity index (χ1v) is 4.13. The summed E-state index contributed by atoms with van der Waals surface area (Å²) < 4.78 is 18.2. The van der Waals surface area contributed by atoms with Crippen LogP contribution >= 0.6 is 9.39 Å². The fraction of sp³-hybridized carbons (Fsp3) is 1.00. The molecule has 2 atom stereocenters. The molecule has 0 radical (unpaired) electrons. The summed E-state index contributed by atoms with van der Waals surface area (Å²) in [4.78, 5) is 0. The van der Waals surface area contributed by atoms with Crippen LogP contribution in [0.25, 0.3) is 0 Å². The number of hydrogen-bond donors (Lipinski definition) is 2. The van der Waals surface area contributed by atoms with Gasteiger partial charge in [-0.05, 0) is 13.0 Å². The number of nitrogens with one attached hydrogen (secondary N) is 1. The number of hydrogen-bond acceptors (Lipinski definition) is 2. The van der Waals surface area contributed by atoms with Gasteiger partial charge in [0.15, 0.2) is 11.1 Å². The Hall–Kier alpha value is 0.500. The van der Waals surface area contributed by atoms with E-state index in [4.69, 9.17) is 4.55 Å². The highest BCUT2D eigenvalue weighted by Gasteiger charge is 1.89. The Kier molecular flexibility index (Phi) is 5.99. The highest BCUT2D eigenvalue weighted by Crippen LogP contribution is 1.81. The van der Waals surface area contributed by atoms with Crippen LogP contribution in [0.3, 0.4) is 0 Å². The van der Waals surface area contributed by atoms with Crippen LogP contribution in [0.2, 0.25) is 0 Å². The zero-order chi connectivity index (χ0) is 6.41. The van der Waals surface area contributed by atoms with Crippen LogP contribution in [0, 0.1) is 0 Å². The lowest BCUT2D eigenvalue weighted by Gasteiger charge is -1.92. The molecule has 2 unspecified atom stereocenters. The molecule has 0 bridgehead atoms. The highest BCUT2D eigenvalue weighted by molar-refractivity contribution is 7.79. The molecule has 0 saturated carbocycles. The summed E-state index contributed by atoms with van der Waals surface area (Å²) >= 11 is -1.62. The molecular formula is C3H10NO2PS. The van der Waals surface area contributed by atoms with E-state index in [0.717, 1.165) is 13.0 Å². The molecule has 5 heteroatoms. The van der Waals surface area contributed by atoms with Crippen molar-refractivity contribution >= 4 is 20.5 Å². The zero-order valence-corrected chi connectivity index (χ0v) is 6.43. The van der Waals surface area contributed by atoms with Crippen LogP contribution in [-0.4, -0.2) is 21.1 Å². The molecule has 0 heterocycles. The van der Waals surface area contributed by atoms with E-state index in [9.17, 15) is 4.21 Å². The second kappa shape index (κ2) is 5.63. The summed E-state index contributed by atoms with van der Waals surface area (Å²) in [6, 6.07) is 0. The van der Waals surface area contributed by atoms with Crippen LogP contribution < -0.4 is 5.09 Å². The standard InChI is InChI=1S/C3H10NO2PS/c5-8(6)3-1-2-4-7/h4H,1-3,7H2,(H,5,6). The Morgan fingerprint density at radius 2 is 2.38 bits per heavy atom. The molecule has 0 amide bonds. The maximum absolute atomic E-state index is 9.95. The van der Waals surface area contributed by atoms with Crippen LogP contribution in [0.1, 0.15) is 6.42 Å². The van der Waals surface area contributed by atoms with Crippen LogP contribution in [0.4, 0.5) is 0 Å². The molecule has 0 aliphatic rings. The Labute approximate surface area is 53.8 Å². The second-order valence-electron chi connectivity index (χ2n) is 1.33. The Morgan fingerprint density at radius 3 is 2.75 bits per heavy atom. The monoisotopic (exact) mass is 155 g/mol. The van der Waals surface area contributed by atoms with Gasteiger partial charge in [0.05, 0.1) is 5.75 Å². The molecule has 0 spiro atoms. The third-order valence-electron chi connectivity index (χ3n) is 0.640. The van der Waals surface area contributed by atoms with Gasteiger partial charge in [-0.1, -0.05) is 9.39 Å². The molecule has 0 aliphatic heterocycles. The van der Waals surface area contributed by atoms with Gasteiger partial charge in [0, 0.05) is 0 Å². The van der Waals surface area contributed by atoms with Crippen molar-refractivity contribution in [1.82, 2.24) is 5.09 Å². The smallest absolute Gasteiger partial charge is 0.152 e. The lowest BCUT2D eigenvalue weighted by Crippen LogP contribution is -2.05. The van der Waals surface area contributed by atoms with Crippen molar-refractivity contribution in [3.63, 3.8) is 0 Å². The van der Waals surface area contributed by atoms with Crippen molar-refractivity contribution < 1.29 is 8.76 Å². The average Bonchev–Trinajstić information content (AvgIpc) is 1.66. The van der Waals surface area contributed by atoms with E-state index in [0.29, 0.717) is 5.75 Å². The van der Waals surface area contributed by atoms with E-state index in [1.807, 2.05) is 0 Å². The quantitative estimate of drug-likeness (QED) is 0.341. The van der Waals surface area contributed by atoms with E-state index in [-0.39, 0.29) is 0 Å². The molecule has 0 aliphatic carbocycles. The summed E-state index contributed by atoms with van der Waals surface area (Å²) in [5.41, 5.74) is 0. The van der Waals surface area contributed by atoms with E-state index in [1.165, 1.54) is 0 Å². The maximum atomic E-state index is 9.95. The summed E-state index contributed by atoms with van der Waals surface area (Å²) in [6.07, 6.45) is 0.743. The van der Waals surface area contributed by atoms with Gasteiger partial charge >= 0.3 is 0 Å². The van der Waals surface area contributed by atoms with Gasteiger partial charge in [0.2, 0.25) is 0 Å². The van der Waals surface area contributed by atoms with Gasteiger partial charge in [-0.15, -0.1) is 0 Å². The summed E-state index contributed by atoms with van der Waals surface area (Å²) in [5.74, 6) is 0.363. The van der Waals surface area contributed by atoms with Crippen molar-refractivity contribution in [3.05, 3.63) is 0 Å². The van der Waals surface area contributed by atoms with E-state index >= 15 is 0 Å². The SMILES string of the molecule is O=S(O)CCCNP. The summed E-state index contributed by atoms with van der Waals surface area (Å²) in [7, 11) is 2.33. The first kappa shape index (κ1) is 8.50. The Bertz CT molecular complexity index is 79.7. The normalized spacial score (nSPS) is 13.8. The topological polar surface area (TPSA) is 49.3 Å². The van der Waals surface area contributed by atoms with Crippen molar-refractivity contribution in [2.75, 3.05) is 12.3 Å². The van der Waals surface area contributed by atoms with E-state index in [1.54, 1.807) is 0 Å². The minimum atomic E-state index is -1.62. The number of rotatable bonds is 4. The first-order chi connectivity index (χ1) is 3.77. The van der Waals surface area contributed by atoms with Crippen molar-refractivity contribution in [3.8, 4) is 0 Å². The lowest BCUT2D eigenvalue weighted by atomic mass is 10.5. The molecule has 0 aromatic carbocycles. The Morgan fingerprint density at radius 1 is 1.75 bits per heavy atom. The fourth-order valence-corrected chi connectivity index (χ4v) is 0.893. The predicted molar refractivity (Wildman–Crippen MR) is 38.0 cm³/mol. The molecule has 0 saturated heterocycles. The van der Waals surface area contributed by atoms with Crippen molar-refractivity contribution in [2.45, 2.75) is 6.42 Å². The fourth-order valence-electron chi connectivity index (χ4n) is 0.298. The molecular weight excluding hydrogens is 145 g/mol. The van der Waals surface area contributed by atoms with E-state index in [2.05, 4.69) is 14.5 Å². The van der Waals surface area contributed by atoms with Crippen LogP contribution in [-0.2, 0) is 11.1 Å². The Balaban J connectivity index is 2.82. The molecule has 8 heavy (non-hydrogen) atoms. The lowest BCUT2D eigenvalue weighted by molar-refractivity contribution is 0.561. The molecule has 0 aromatic rings. The van der Waals surface area contributed by atoms with Gasteiger partial charge < -0.3 is 9.64 Å². The van der Waals surface area contributed by atoms with Crippen LogP contribution in [0.5, 0.6) is 0 Å². The third-order valence-corrected chi connectivity index (χ3v) is 1.57. The third kappa shape index (κ3) is 6.50. The molecule has 0 aromatic heterocycles. The predicted octanol–water partition coefficient (Wildman–Crippen LogP) is -0.0221. The van der Waals surface area contributed by atoms with Gasteiger partial charge in [-0.2, -0.15) is 0 Å². The van der Waals surface area contributed by atoms with Crippen molar-refractivity contribution in [1.29, 1.82) is 0 Å². The summed E-state index contributed by atoms with van der Waals surface area (Å²) in [6.45, 7) is 0.775. The van der Waals surface area contributed by atoms with E-state index < -0.39 is 11.1 Å². The molecule has 50 valence electrons. The highest BCUT2D eigenvalue weighted by atomic mass is 32.2. The molecule has 2 N–H and O–H groups in total. The van der Waals surface area contributed by atoms with Crippen molar-refractivity contribution in [2.24, 2.45) is 0 Å². The van der Waals surface area contributed by atoms with Gasteiger partial charge in [0.25, 0.3) is 0 Å². The minimum absolute atomic E-state index is 0.363. The molecule has 0 rings (SSSR count). The minimum Gasteiger partial charge on any atom is -0.306 e. The second-order valence-corrected chi connectivity index (χ2v) is 2.79. The first-order valence-electron chi connectivity index (χ1n) is 2.28. The summed E-state index contributed by atoms with van der Waals surface area (Å²) in [5, 5.41) is 2.79. The zero-order valence-electron chi connectivity index (χ0n) is 4.46.